The van der Waals surface area contributed by atoms with E-state index in [0.29, 0.717) is 21.8 Å². The predicted octanol–water partition coefficient (Wildman–Crippen LogP) is 6.87. The summed E-state index contributed by atoms with van der Waals surface area (Å²) in [7, 11) is 0. The minimum Gasteiger partial charge on any atom is -0.352 e. The number of Topliss-reactive ketones (excluding diaryl/α,β-unsaturated/α-hetero) is 3. The number of halogens is 1. The van der Waals surface area contributed by atoms with Crippen LogP contribution in [0.2, 0.25) is 5.02 Å². The molecule has 0 amide bonds. The van der Waals surface area contributed by atoms with Crippen LogP contribution in [0.5, 0.6) is 0 Å². The number of anilines is 1. The summed E-state index contributed by atoms with van der Waals surface area (Å²) in [5, 5.41) is 12.4. The number of nitro benzene ring substituents is 1. The van der Waals surface area contributed by atoms with Crippen molar-refractivity contribution in [3.63, 3.8) is 0 Å². The number of hydrogen-bond donors (Lipinski definition) is 0. The van der Waals surface area contributed by atoms with E-state index >= 15 is 0 Å². The second-order valence-corrected chi connectivity index (χ2v) is 11.4. The fourth-order valence-corrected chi connectivity index (χ4v) is 7.22. The summed E-state index contributed by atoms with van der Waals surface area (Å²) in [6.45, 7) is 1.92. The summed E-state index contributed by atoms with van der Waals surface area (Å²) in [6, 6.07) is 23.2. The molecule has 8 heteroatoms. The van der Waals surface area contributed by atoms with Gasteiger partial charge >= 0.3 is 0 Å². The van der Waals surface area contributed by atoms with Crippen LogP contribution in [0, 0.1) is 22.5 Å². The Morgan fingerprint density at radius 2 is 1.60 bits per heavy atom. The number of carbonyl (C=O) groups is 3. The largest absolute Gasteiger partial charge is 0.352 e. The molecule has 206 valence electrons. The highest BCUT2D eigenvalue weighted by Crippen LogP contribution is 2.61. The maximum absolute atomic E-state index is 14.7. The van der Waals surface area contributed by atoms with Gasteiger partial charge in [0, 0.05) is 45.5 Å². The summed E-state index contributed by atoms with van der Waals surface area (Å²) in [5.74, 6) is -2.11. The number of aryl methyl sites for hydroxylation is 1. The topological polar surface area (TPSA) is 97.6 Å². The standard InChI is InChI=1S/C34H23ClN2O5/c1-19-9-11-20(12-10-19)31(38)30-29(22-5-4-6-24(18-22)37(41)42)34(32(39)25-7-2-3-8-26(25)33(34)40)28-16-13-21-17-23(35)14-15-27(21)36(28)30/h2-18,28-30H,1H3/t28-,29+,30-/m0/s1. The van der Waals surface area contributed by atoms with E-state index in [4.69, 9.17) is 11.6 Å². The molecule has 1 spiro atoms. The maximum Gasteiger partial charge on any atom is 0.269 e. The molecule has 0 radical (unpaired) electrons. The number of rotatable bonds is 4. The molecule has 7 nitrogen and oxygen atoms in total. The van der Waals surface area contributed by atoms with Gasteiger partial charge in [0.25, 0.3) is 5.69 Å². The second-order valence-electron chi connectivity index (χ2n) is 11.0. The average Bonchev–Trinajstić information content (AvgIpc) is 3.43. The van der Waals surface area contributed by atoms with Crippen molar-refractivity contribution in [1.29, 1.82) is 0 Å². The Kier molecular flexibility index (Phi) is 5.78. The molecule has 2 aliphatic heterocycles. The molecular weight excluding hydrogens is 552 g/mol. The SMILES string of the molecule is Cc1ccc(C(=O)[C@@H]2[C@@H](c3cccc([N+](=O)[O-])c3)C3(C(=O)c4ccccc4C3=O)[C@@H]3C=Cc4cc(Cl)ccc4N23)cc1. The first kappa shape index (κ1) is 26.0. The molecule has 4 aromatic carbocycles. The van der Waals surface area contributed by atoms with Gasteiger partial charge < -0.3 is 4.90 Å². The minimum absolute atomic E-state index is 0.188. The van der Waals surface area contributed by atoms with Crippen molar-refractivity contribution in [1.82, 2.24) is 0 Å². The Bertz CT molecular complexity index is 1840. The van der Waals surface area contributed by atoms with Gasteiger partial charge in [-0.3, -0.25) is 24.5 Å². The number of nitro groups is 1. The van der Waals surface area contributed by atoms with E-state index in [-0.39, 0.29) is 22.6 Å². The van der Waals surface area contributed by atoms with Gasteiger partial charge in [-0.25, -0.2) is 0 Å². The Labute approximate surface area is 246 Å². The first-order valence-corrected chi connectivity index (χ1v) is 13.9. The summed E-state index contributed by atoms with van der Waals surface area (Å²) in [4.78, 5) is 57.2. The van der Waals surface area contributed by atoms with Crippen LogP contribution in [-0.2, 0) is 0 Å². The van der Waals surface area contributed by atoms with Gasteiger partial charge in [-0.15, -0.1) is 0 Å². The number of nitrogens with zero attached hydrogens (tertiary/aromatic N) is 2. The lowest BCUT2D eigenvalue weighted by Crippen LogP contribution is -2.48. The normalized spacial score (nSPS) is 21.3. The molecule has 42 heavy (non-hydrogen) atoms. The molecular formula is C34H23ClN2O5. The monoisotopic (exact) mass is 574 g/mol. The van der Waals surface area contributed by atoms with Crippen LogP contribution in [0.15, 0.2) is 97.1 Å². The molecule has 1 fully saturated rings. The molecule has 7 rings (SSSR count). The average molecular weight is 575 g/mol. The molecule has 0 N–H and O–H groups in total. The van der Waals surface area contributed by atoms with Gasteiger partial charge in [0.2, 0.25) is 0 Å². The van der Waals surface area contributed by atoms with E-state index in [1.807, 2.05) is 30.0 Å². The quantitative estimate of drug-likeness (QED) is 0.114. The first-order chi connectivity index (χ1) is 20.2. The lowest BCUT2D eigenvalue weighted by molar-refractivity contribution is -0.384. The molecule has 0 unspecified atom stereocenters. The molecule has 3 aliphatic rings. The van der Waals surface area contributed by atoms with Gasteiger partial charge in [-0.05, 0) is 36.2 Å². The second kappa shape index (κ2) is 9.33. The minimum atomic E-state index is -1.74. The van der Waals surface area contributed by atoms with Crippen molar-refractivity contribution in [3.05, 3.63) is 146 Å². The molecule has 1 aliphatic carbocycles. The van der Waals surface area contributed by atoms with Gasteiger partial charge in [-0.1, -0.05) is 90.0 Å². The van der Waals surface area contributed by atoms with E-state index in [2.05, 4.69) is 0 Å². The first-order valence-electron chi connectivity index (χ1n) is 13.5. The zero-order chi connectivity index (χ0) is 29.3. The molecule has 0 saturated carbocycles. The summed E-state index contributed by atoms with van der Waals surface area (Å²) >= 11 is 6.34. The van der Waals surface area contributed by atoms with E-state index < -0.39 is 39.9 Å². The maximum atomic E-state index is 14.7. The van der Waals surface area contributed by atoms with E-state index in [0.717, 1.165) is 11.1 Å². The van der Waals surface area contributed by atoms with Crippen molar-refractivity contribution in [3.8, 4) is 0 Å². The van der Waals surface area contributed by atoms with Gasteiger partial charge in [0.15, 0.2) is 17.3 Å². The number of hydrogen-bond acceptors (Lipinski definition) is 6. The lowest BCUT2D eigenvalue weighted by Gasteiger charge is -2.37. The summed E-state index contributed by atoms with van der Waals surface area (Å²) < 4.78 is 0. The van der Waals surface area contributed by atoms with Crippen LogP contribution in [-0.4, -0.2) is 34.4 Å². The summed E-state index contributed by atoms with van der Waals surface area (Å²) in [6.07, 6.45) is 3.63. The molecule has 1 saturated heterocycles. The van der Waals surface area contributed by atoms with Crippen LogP contribution in [0.1, 0.15) is 53.7 Å². The Morgan fingerprint density at radius 1 is 0.905 bits per heavy atom. The van der Waals surface area contributed by atoms with Crippen LogP contribution >= 0.6 is 11.6 Å². The molecule has 4 aromatic rings. The Balaban J connectivity index is 1.56. The third kappa shape index (κ3) is 3.50. The fourth-order valence-electron chi connectivity index (χ4n) is 7.04. The number of carbonyl (C=O) groups excluding carboxylic acids is 3. The van der Waals surface area contributed by atoms with Gasteiger partial charge in [0.05, 0.1) is 11.0 Å². The van der Waals surface area contributed by atoms with E-state index in [1.54, 1.807) is 66.7 Å². The van der Waals surface area contributed by atoms with E-state index in [9.17, 15) is 24.5 Å². The molecule has 0 aromatic heterocycles. The third-order valence-corrected chi connectivity index (χ3v) is 9.05. The van der Waals surface area contributed by atoms with Crippen molar-refractivity contribution in [2.75, 3.05) is 4.90 Å². The predicted molar refractivity (Wildman–Crippen MR) is 159 cm³/mol. The zero-order valence-electron chi connectivity index (χ0n) is 22.4. The molecule has 0 bridgehead atoms. The number of benzene rings is 4. The van der Waals surface area contributed by atoms with Crippen molar-refractivity contribution >= 4 is 46.4 Å². The Morgan fingerprint density at radius 3 is 2.26 bits per heavy atom. The van der Waals surface area contributed by atoms with E-state index in [1.165, 1.54) is 18.2 Å². The molecule has 2 heterocycles. The fraction of sp³-hybridized carbons (Fsp3) is 0.147. The van der Waals surface area contributed by atoms with Crippen LogP contribution < -0.4 is 4.90 Å². The third-order valence-electron chi connectivity index (χ3n) is 8.81. The number of fused-ring (bicyclic) bond motifs is 5. The van der Waals surface area contributed by atoms with Crippen LogP contribution in [0.3, 0.4) is 0 Å². The van der Waals surface area contributed by atoms with Crippen LogP contribution in [0.25, 0.3) is 6.08 Å². The Hall–Kier alpha value is -4.88. The zero-order valence-corrected chi connectivity index (χ0v) is 23.1. The van der Waals surface area contributed by atoms with Crippen molar-refractivity contribution in [2.45, 2.75) is 24.9 Å². The van der Waals surface area contributed by atoms with Crippen molar-refractivity contribution < 1.29 is 19.3 Å². The van der Waals surface area contributed by atoms with Gasteiger partial charge in [-0.2, -0.15) is 0 Å². The summed E-state index contributed by atoms with van der Waals surface area (Å²) in [5.41, 5.74) is 1.81. The van der Waals surface area contributed by atoms with Crippen LogP contribution in [0.4, 0.5) is 11.4 Å². The number of ketones is 3. The lowest BCUT2D eigenvalue weighted by atomic mass is 9.64. The highest BCUT2D eigenvalue weighted by atomic mass is 35.5. The highest BCUT2D eigenvalue weighted by molar-refractivity contribution is 6.32. The van der Waals surface area contributed by atoms with Gasteiger partial charge in [0.1, 0.15) is 11.5 Å². The molecule has 3 atom stereocenters. The number of non-ortho nitro benzene ring substituents is 1. The smallest absolute Gasteiger partial charge is 0.269 e. The van der Waals surface area contributed by atoms with Crippen molar-refractivity contribution in [2.24, 2.45) is 5.41 Å². The highest BCUT2D eigenvalue weighted by Gasteiger charge is 2.71.